The minimum Gasteiger partial charge on any atom is -0.477 e. The van der Waals surface area contributed by atoms with E-state index in [0.29, 0.717) is 0 Å². The van der Waals surface area contributed by atoms with Crippen molar-refractivity contribution in [1.82, 2.24) is 4.98 Å². The van der Waals surface area contributed by atoms with Gasteiger partial charge in [-0.25, -0.2) is 14.6 Å². The summed E-state index contributed by atoms with van der Waals surface area (Å²) in [5, 5.41) is 27.9. The standard InChI is InChI=1S/C11H13NO6/c1-2-18-11(17)9(14)8(13)6-4-3-5-7(12-6)10(15)16/h3-5,8-9,13-14H,2H2,1H3,(H,15,16). The molecule has 0 saturated heterocycles. The zero-order valence-electron chi connectivity index (χ0n) is 9.61. The van der Waals surface area contributed by atoms with Gasteiger partial charge in [0.05, 0.1) is 12.3 Å². The van der Waals surface area contributed by atoms with Crippen molar-refractivity contribution in [3.05, 3.63) is 29.6 Å². The highest BCUT2D eigenvalue weighted by Gasteiger charge is 2.28. The maximum absolute atomic E-state index is 11.2. The SMILES string of the molecule is CCOC(=O)C(O)C(O)c1cccc(C(=O)O)n1. The van der Waals surface area contributed by atoms with Gasteiger partial charge >= 0.3 is 11.9 Å². The van der Waals surface area contributed by atoms with Gasteiger partial charge in [0.1, 0.15) is 11.8 Å². The van der Waals surface area contributed by atoms with Crippen molar-refractivity contribution in [1.29, 1.82) is 0 Å². The van der Waals surface area contributed by atoms with Gasteiger partial charge < -0.3 is 20.1 Å². The number of carboxylic acids is 1. The molecule has 0 aliphatic carbocycles. The van der Waals surface area contributed by atoms with Gasteiger partial charge in [-0.1, -0.05) is 6.07 Å². The van der Waals surface area contributed by atoms with Crippen LogP contribution in [0, 0.1) is 0 Å². The second-order valence-corrected chi connectivity index (χ2v) is 3.39. The maximum atomic E-state index is 11.2. The fourth-order valence-electron chi connectivity index (χ4n) is 1.25. The Kier molecular flexibility index (Phi) is 4.75. The largest absolute Gasteiger partial charge is 0.477 e. The minimum absolute atomic E-state index is 0.0607. The Bertz CT molecular complexity index is 447. The van der Waals surface area contributed by atoms with Gasteiger partial charge in [0.2, 0.25) is 0 Å². The van der Waals surface area contributed by atoms with E-state index in [0.717, 1.165) is 0 Å². The second-order valence-electron chi connectivity index (χ2n) is 3.39. The van der Waals surface area contributed by atoms with Crippen molar-refractivity contribution in [2.45, 2.75) is 19.1 Å². The topological polar surface area (TPSA) is 117 Å². The lowest BCUT2D eigenvalue weighted by molar-refractivity contribution is -0.159. The lowest BCUT2D eigenvalue weighted by atomic mass is 10.1. The molecule has 3 N–H and O–H groups in total. The fourth-order valence-corrected chi connectivity index (χ4v) is 1.25. The highest BCUT2D eigenvalue weighted by Crippen LogP contribution is 2.16. The van der Waals surface area contributed by atoms with Crippen LogP contribution in [-0.2, 0) is 9.53 Å². The van der Waals surface area contributed by atoms with E-state index in [9.17, 15) is 19.8 Å². The van der Waals surface area contributed by atoms with E-state index in [1.165, 1.54) is 18.2 Å². The molecule has 1 rings (SSSR count). The highest BCUT2D eigenvalue weighted by molar-refractivity contribution is 5.85. The highest BCUT2D eigenvalue weighted by atomic mass is 16.5. The van der Waals surface area contributed by atoms with Gasteiger partial charge in [-0.2, -0.15) is 0 Å². The van der Waals surface area contributed by atoms with Crippen LogP contribution in [0.4, 0.5) is 0 Å². The molecule has 2 unspecified atom stereocenters. The number of aliphatic hydroxyl groups is 2. The van der Waals surface area contributed by atoms with Crippen LogP contribution in [0.1, 0.15) is 29.2 Å². The number of carbonyl (C=O) groups is 2. The number of nitrogens with zero attached hydrogens (tertiary/aromatic N) is 1. The van der Waals surface area contributed by atoms with Gasteiger partial charge in [-0.15, -0.1) is 0 Å². The quantitative estimate of drug-likeness (QED) is 0.620. The first-order valence-electron chi connectivity index (χ1n) is 5.20. The van der Waals surface area contributed by atoms with E-state index < -0.39 is 24.1 Å². The van der Waals surface area contributed by atoms with Gasteiger partial charge in [-0.05, 0) is 19.1 Å². The third-order valence-electron chi connectivity index (χ3n) is 2.12. The number of carboxylic acid groups (broad SMARTS) is 1. The Morgan fingerprint density at radius 1 is 1.39 bits per heavy atom. The minimum atomic E-state index is -1.80. The summed E-state index contributed by atoms with van der Waals surface area (Å²) in [7, 11) is 0. The molecule has 0 amide bonds. The number of hydrogen-bond donors (Lipinski definition) is 3. The lowest BCUT2D eigenvalue weighted by Crippen LogP contribution is -2.30. The number of aromatic carboxylic acids is 1. The lowest BCUT2D eigenvalue weighted by Gasteiger charge is -2.15. The van der Waals surface area contributed by atoms with E-state index in [4.69, 9.17) is 5.11 Å². The molecule has 1 heterocycles. The summed E-state index contributed by atoms with van der Waals surface area (Å²) in [5.74, 6) is -2.26. The Labute approximate surface area is 103 Å². The third kappa shape index (κ3) is 3.25. The zero-order chi connectivity index (χ0) is 13.7. The molecule has 7 heteroatoms. The third-order valence-corrected chi connectivity index (χ3v) is 2.12. The predicted octanol–water partition coefficient (Wildman–Crippen LogP) is -0.263. The average molecular weight is 255 g/mol. The summed E-state index contributed by atoms with van der Waals surface area (Å²) in [6.45, 7) is 1.62. The molecule has 0 fully saturated rings. The Balaban J connectivity index is 2.89. The molecular weight excluding hydrogens is 242 g/mol. The molecule has 0 aliphatic heterocycles. The molecule has 0 aromatic carbocycles. The van der Waals surface area contributed by atoms with E-state index in [2.05, 4.69) is 9.72 Å². The van der Waals surface area contributed by atoms with E-state index in [1.54, 1.807) is 6.92 Å². The van der Waals surface area contributed by atoms with Crippen LogP contribution in [0.2, 0.25) is 0 Å². The normalized spacial score (nSPS) is 13.7. The fraction of sp³-hybridized carbons (Fsp3) is 0.364. The summed E-state index contributed by atoms with van der Waals surface area (Å²) < 4.78 is 4.53. The smallest absolute Gasteiger partial charge is 0.354 e. The van der Waals surface area contributed by atoms with Crippen LogP contribution >= 0.6 is 0 Å². The number of aliphatic hydroxyl groups excluding tert-OH is 2. The molecule has 0 spiro atoms. The first kappa shape index (κ1) is 14.1. The van der Waals surface area contributed by atoms with Crippen LogP contribution in [0.25, 0.3) is 0 Å². The van der Waals surface area contributed by atoms with Crippen LogP contribution in [0.3, 0.4) is 0 Å². The number of hydrogen-bond acceptors (Lipinski definition) is 6. The molecule has 98 valence electrons. The van der Waals surface area contributed by atoms with Crippen molar-refractivity contribution < 1.29 is 29.6 Å². The molecular formula is C11H13NO6. The first-order chi connectivity index (χ1) is 8.47. The molecule has 1 aromatic heterocycles. The van der Waals surface area contributed by atoms with Gasteiger partial charge in [0.25, 0.3) is 0 Å². The molecule has 2 atom stereocenters. The van der Waals surface area contributed by atoms with Crippen molar-refractivity contribution in [2.75, 3.05) is 6.61 Å². The average Bonchev–Trinajstić information content (AvgIpc) is 2.37. The number of carbonyl (C=O) groups excluding carboxylic acids is 1. The molecule has 1 aromatic rings. The molecule has 0 saturated carbocycles. The number of ether oxygens (including phenoxy) is 1. The monoisotopic (exact) mass is 255 g/mol. The zero-order valence-corrected chi connectivity index (χ0v) is 9.61. The van der Waals surface area contributed by atoms with Crippen molar-refractivity contribution in [3.8, 4) is 0 Å². The van der Waals surface area contributed by atoms with E-state index in [1.807, 2.05) is 0 Å². The summed E-state index contributed by atoms with van der Waals surface area (Å²) in [5.41, 5.74) is -0.405. The number of aromatic nitrogens is 1. The van der Waals surface area contributed by atoms with Crippen molar-refractivity contribution in [3.63, 3.8) is 0 Å². The second kappa shape index (κ2) is 6.08. The van der Waals surface area contributed by atoms with Crippen LogP contribution in [-0.4, -0.2) is 45.0 Å². The van der Waals surface area contributed by atoms with Crippen molar-refractivity contribution in [2.24, 2.45) is 0 Å². The maximum Gasteiger partial charge on any atom is 0.354 e. The predicted molar refractivity (Wildman–Crippen MR) is 58.8 cm³/mol. The number of esters is 1. The first-order valence-corrected chi connectivity index (χ1v) is 5.20. The van der Waals surface area contributed by atoms with Crippen LogP contribution < -0.4 is 0 Å². The summed E-state index contributed by atoms with van der Waals surface area (Å²) in [6, 6.07) is 3.89. The van der Waals surface area contributed by atoms with Gasteiger partial charge in [0, 0.05) is 0 Å². The van der Waals surface area contributed by atoms with Crippen molar-refractivity contribution >= 4 is 11.9 Å². The molecule has 7 nitrogen and oxygen atoms in total. The Hall–Kier alpha value is -1.99. The molecule has 18 heavy (non-hydrogen) atoms. The summed E-state index contributed by atoms with van der Waals surface area (Å²) >= 11 is 0. The number of pyridine rings is 1. The van der Waals surface area contributed by atoms with E-state index >= 15 is 0 Å². The van der Waals surface area contributed by atoms with Gasteiger partial charge in [0.15, 0.2) is 6.10 Å². The molecule has 0 aliphatic rings. The van der Waals surface area contributed by atoms with E-state index in [-0.39, 0.29) is 18.0 Å². The molecule has 0 radical (unpaired) electrons. The van der Waals surface area contributed by atoms with Gasteiger partial charge in [-0.3, -0.25) is 0 Å². The Morgan fingerprint density at radius 2 is 2.06 bits per heavy atom. The number of rotatable bonds is 5. The molecule has 0 bridgehead atoms. The Morgan fingerprint density at radius 3 is 2.61 bits per heavy atom. The summed E-state index contributed by atoms with van der Waals surface area (Å²) in [6.07, 6.45) is -3.44. The summed E-state index contributed by atoms with van der Waals surface area (Å²) in [4.78, 5) is 25.5. The van der Waals surface area contributed by atoms with Crippen LogP contribution in [0.15, 0.2) is 18.2 Å². The van der Waals surface area contributed by atoms with Crippen LogP contribution in [0.5, 0.6) is 0 Å².